The fourth-order valence-corrected chi connectivity index (χ4v) is 1.06. The zero-order chi connectivity index (χ0) is 10.1. The molecule has 2 rings (SSSR count). The molecule has 72 valence electrons. The summed E-state index contributed by atoms with van der Waals surface area (Å²) in [5, 5.41) is 2.79. The van der Waals surface area contributed by atoms with Gasteiger partial charge < -0.3 is 11.1 Å². The highest BCUT2D eigenvalue weighted by molar-refractivity contribution is 5.70. The highest BCUT2D eigenvalue weighted by Gasteiger charge is 2.04. The lowest BCUT2D eigenvalue weighted by Crippen LogP contribution is -2.13. The second-order valence-electron chi connectivity index (χ2n) is 2.63. The van der Waals surface area contributed by atoms with E-state index in [4.69, 9.17) is 5.73 Å². The fraction of sp³-hybridized carbons (Fsp3) is 0.143. The third kappa shape index (κ3) is 1.24. The number of aromatic amines is 1. The molecule has 0 saturated carbocycles. The Bertz CT molecular complexity index is 533. The molecular weight excluding hydrogens is 184 g/mol. The first-order valence-corrected chi connectivity index (χ1v) is 3.91. The first-order valence-electron chi connectivity index (χ1n) is 3.91. The topological polar surface area (TPSA) is 110 Å². The zero-order valence-corrected chi connectivity index (χ0v) is 7.40. The van der Waals surface area contributed by atoms with Crippen LogP contribution < -0.4 is 16.6 Å². The maximum Gasteiger partial charge on any atom is 0.280 e. The number of nitrogens with two attached hydrogens (primary N) is 1. The van der Waals surface area contributed by atoms with Crippen LogP contribution in [0.1, 0.15) is 0 Å². The maximum absolute atomic E-state index is 11.3. The SMILES string of the molecule is CNc1cnc2c(=O)[nH]c(N)nc2n1. The minimum Gasteiger partial charge on any atom is -0.372 e. The number of fused-ring (bicyclic) bond motifs is 1. The normalized spacial score (nSPS) is 10.4. The monoisotopic (exact) mass is 192 g/mol. The van der Waals surface area contributed by atoms with Crippen LogP contribution in [-0.2, 0) is 0 Å². The van der Waals surface area contributed by atoms with Gasteiger partial charge in [-0.05, 0) is 0 Å². The van der Waals surface area contributed by atoms with Crippen molar-refractivity contribution in [3.63, 3.8) is 0 Å². The van der Waals surface area contributed by atoms with Crippen LogP contribution in [0, 0.1) is 0 Å². The molecule has 4 N–H and O–H groups in total. The number of rotatable bonds is 1. The van der Waals surface area contributed by atoms with Crippen LogP contribution in [0.15, 0.2) is 11.0 Å². The van der Waals surface area contributed by atoms with Crippen LogP contribution in [0.4, 0.5) is 11.8 Å². The van der Waals surface area contributed by atoms with E-state index < -0.39 is 0 Å². The number of nitrogen functional groups attached to an aromatic ring is 1. The van der Waals surface area contributed by atoms with E-state index in [9.17, 15) is 4.79 Å². The first kappa shape index (κ1) is 8.42. The predicted octanol–water partition coefficient (Wildman–Crippen LogP) is -0.663. The molecule has 0 spiro atoms. The lowest BCUT2D eigenvalue weighted by molar-refractivity contribution is 1.12. The van der Waals surface area contributed by atoms with Gasteiger partial charge in [-0.1, -0.05) is 0 Å². The average molecular weight is 192 g/mol. The van der Waals surface area contributed by atoms with Gasteiger partial charge in [-0.2, -0.15) is 4.98 Å². The second-order valence-corrected chi connectivity index (χ2v) is 2.63. The first-order chi connectivity index (χ1) is 6.70. The van der Waals surface area contributed by atoms with Crippen molar-refractivity contribution in [2.45, 2.75) is 0 Å². The molecule has 14 heavy (non-hydrogen) atoms. The molecule has 2 aromatic heterocycles. The molecule has 0 bridgehead atoms. The summed E-state index contributed by atoms with van der Waals surface area (Å²) in [6.07, 6.45) is 1.45. The average Bonchev–Trinajstić information content (AvgIpc) is 2.16. The molecular formula is C7H8N6O. The Morgan fingerprint density at radius 1 is 1.50 bits per heavy atom. The number of nitrogens with one attached hydrogen (secondary N) is 2. The van der Waals surface area contributed by atoms with Crippen molar-refractivity contribution >= 4 is 22.9 Å². The largest absolute Gasteiger partial charge is 0.372 e. The molecule has 7 heteroatoms. The highest BCUT2D eigenvalue weighted by Crippen LogP contribution is 2.05. The molecule has 0 aliphatic heterocycles. The van der Waals surface area contributed by atoms with Gasteiger partial charge in [0.1, 0.15) is 5.82 Å². The van der Waals surface area contributed by atoms with Gasteiger partial charge in [-0.15, -0.1) is 0 Å². The van der Waals surface area contributed by atoms with E-state index in [-0.39, 0.29) is 22.7 Å². The summed E-state index contributed by atoms with van der Waals surface area (Å²) in [4.78, 5) is 25.4. The molecule has 2 heterocycles. The van der Waals surface area contributed by atoms with Crippen LogP contribution in [-0.4, -0.2) is 27.0 Å². The zero-order valence-electron chi connectivity index (χ0n) is 7.40. The Balaban J connectivity index is 2.82. The molecule has 0 unspecified atom stereocenters. The maximum atomic E-state index is 11.3. The van der Waals surface area contributed by atoms with E-state index in [0.29, 0.717) is 5.82 Å². The Morgan fingerprint density at radius 3 is 3.00 bits per heavy atom. The summed E-state index contributed by atoms with van der Waals surface area (Å²) in [6, 6.07) is 0. The number of H-pyrrole nitrogens is 1. The molecule has 2 aromatic rings. The summed E-state index contributed by atoms with van der Waals surface area (Å²) in [7, 11) is 1.70. The van der Waals surface area contributed by atoms with E-state index in [0.717, 1.165) is 0 Å². The van der Waals surface area contributed by atoms with Crippen molar-refractivity contribution in [2.24, 2.45) is 0 Å². The molecule has 0 saturated heterocycles. The summed E-state index contributed by atoms with van der Waals surface area (Å²) in [5.74, 6) is 0.569. The number of nitrogens with zero attached hydrogens (tertiary/aromatic N) is 3. The van der Waals surface area contributed by atoms with Crippen molar-refractivity contribution in [2.75, 3.05) is 18.1 Å². The molecule has 0 aliphatic rings. The van der Waals surface area contributed by atoms with Gasteiger partial charge in [0.15, 0.2) is 11.2 Å². The van der Waals surface area contributed by atoms with Crippen LogP contribution in [0.5, 0.6) is 0 Å². The van der Waals surface area contributed by atoms with Gasteiger partial charge in [-0.25, -0.2) is 9.97 Å². The summed E-state index contributed by atoms with van der Waals surface area (Å²) < 4.78 is 0. The van der Waals surface area contributed by atoms with Crippen molar-refractivity contribution in [3.8, 4) is 0 Å². The van der Waals surface area contributed by atoms with Crippen LogP contribution in [0.25, 0.3) is 11.2 Å². The van der Waals surface area contributed by atoms with Gasteiger partial charge >= 0.3 is 0 Å². The molecule has 0 aliphatic carbocycles. The molecule has 0 aromatic carbocycles. The van der Waals surface area contributed by atoms with E-state index >= 15 is 0 Å². The van der Waals surface area contributed by atoms with Gasteiger partial charge in [0, 0.05) is 7.05 Å². The standard InChI is InChI=1S/C7H8N6O/c1-9-3-2-10-4-5(11-3)12-7(8)13-6(4)14/h2H,1H3,(H4,8,9,11,12,13,14). The van der Waals surface area contributed by atoms with Crippen molar-refractivity contribution in [3.05, 3.63) is 16.6 Å². The van der Waals surface area contributed by atoms with E-state index in [2.05, 4.69) is 25.3 Å². The van der Waals surface area contributed by atoms with Crippen LogP contribution in [0.2, 0.25) is 0 Å². The number of hydrogen-bond acceptors (Lipinski definition) is 6. The minimum atomic E-state index is -0.386. The molecule has 7 nitrogen and oxygen atoms in total. The predicted molar refractivity (Wildman–Crippen MR) is 51.9 cm³/mol. The molecule has 0 fully saturated rings. The smallest absolute Gasteiger partial charge is 0.280 e. The lowest BCUT2D eigenvalue weighted by atomic mass is 10.5. The number of hydrogen-bond donors (Lipinski definition) is 3. The van der Waals surface area contributed by atoms with E-state index in [1.165, 1.54) is 6.20 Å². The lowest BCUT2D eigenvalue weighted by Gasteiger charge is -1.99. The van der Waals surface area contributed by atoms with Crippen LogP contribution >= 0.6 is 0 Å². The van der Waals surface area contributed by atoms with Crippen LogP contribution in [0.3, 0.4) is 0 Å². The Labute approximate surface area is 78.4 Å². The minimum absolute atomic E-state index is 0.0325. The van der Waals surface area contributed by atoms with Gasteiger partial charge in [0.25, 0.3) is 5.56 Å². The van der Waals surface area contributed by atoms with E-state index in [1.807, 2.05) is 0 Å². The Kier molecular flexibility index (Phi) is 1.77. The molecule has 0 radical (unpaired) electrons. The quantitative estimate of drug-likeness (QED) is 0.553. The summed E-state index contributed by atoms with van der Waals surface area (Å²) >= 11 is 0. The van der Waals surface area contributed by atoms with Crippen molar-refractivity contribution in [1.29, 1.82) is 0 Å². The highest BCUT2D eigenvalue weighted by atomic mass is 16.1. The Hall–Kier alpha value is -2.18. The second kappa shape index (κ2) is 2.95. The third-order valence-corrected chi connectivity index (χ3v) is 1.69. The van der Waals surface area contributed by atoms with Crippen molar-refractivity contribution in [1.82, 2.24) is 19.9 Å². The van der Waals surface area contributed by atoms with Gasteiger partial charge in [0.05, 0.1) is 6.20 Å². The number of anilines is 2. The molecule has 0 amide bonds. The van der Waals surface area contributed by atoms with Crippen molar-refractivity contribution < 1.29 is 0 Å². The Morgan fingerprint density at radius 2 is 2.29 bits per heavy atom. The summed E-state index contributed by atoms with van der Waals surface area (Å²) in [5.41, 5.74) is 5.39. The number of aromatic nitrogens is 4. The third-order valence-electron chi connectivity index (χ3n) is 1.69. The van der Waals surface area contributed by atoms with Gasteiger partial charge in [0.2, 0.25) is 5.95 Å². The fourth-order valence-electron chi connectivity index (χ4n) is 1.06. The van der Waals surface area contributed by atoms with Gasteiger partial charge in [-0.3, -0.25) is 9.78 Å². The summed E-state index contributed by atoms with van der Waals surface area (Å²) in [6.45, 7) is 0. The molecule has 0 atom stereocenters. The van der Waals surface area contributed by atoms with E-state index in [1.54, 1.807) is 7.05 Å².